The molecule has 140 valence electrons. The summed E-state index contributed by atoms with van der Waals surface area (Å²) in [5.41, 5.74) is 4.60. The average molecular weight is 355 g/mol. The van der Waals surface area contributed by atoms with Gasteiger partial charge in [-0.2, -0.15) is 0 Å². The van der Waals surface area contributed by atoms with Crippen molar-refractivity contribution in [2.24, 2.45) is 11.8 Å². The Labute approximate surface area is 155 Å². The molecular formula is C21H29N3O2. The minimum Gasteiger partial charge on any atom is -0.444 e. The lowest BCUT2D eigenvalue weighted by Gasteiger charge is -2.24. The van der Waals surface area contributed by atoms with Crippen molar-refractivity contribution in [3.05, 3.63) is 28.9 Å². The van der Waals surface area contributed by atoms with Gasteiger partial charge in [0, 0.05) is 30.4 Å². The lowest BCUT2D eigenvalue weighted by atomic mass is 9.94. The van der Waals surface area contributed by atoms with Crippen molar-refractivity contribution in [1.29, 1.82) is 0 Å². The molecule has 0 aromatic carbocycles. The van der Waals surface area contributed by atoms with E-state index >= 15 is 0 Å². The number of aromatic nitrogens is 2. The van der Waals surface area contributed by atoms with E-state index in [-0.39, 0.29) is 6.09 Å². The van der Waals surface area contributed by atoms with Crippen LogP contribution in [0.5, 0.6) is 0 Å². The fourth-order valence-corrected chi connectivity index (χ4v) is 4.48. The lowest BCUT2D eigenvalue weighted by molar-refractivity contribution is 0.0285. The molecular weight excluding hydrogens is 326 g/mol. The van der Waals surface area contributed by atoms with Crippen molar-refractivity contribution in [2.75, 3.05) is 13.1 Å². The normalized spacial score (nSPS) is 24.9. The summed E-state index contributed by atoms with van der Waals surface area (Å²) in [6, 6.07) is 0. The van der Waals surface area contributed by atoms with Gasteiger partial charge in [0.15, 0.2) is 5.82 Å². The quantitative estimate of drug-likeness (QED) is 0.766. The number of allylic oxidation sites excluding steroid dienone is 1. The number of hydrogen-bond acceptors (Lipinski definition) is 4. The second-order valence-electron chi connectivity index (χ2n) is 8.97. The number of rotatable bonds is 1. The fraction of sp³-hybridized carbons (Fsp3) is 0.667. The minimum absolute atomic E-state index is 0.192. The first-order chi connectivity index (χ1) is 12.3. The molecule has 1 aromatic rings. The van der Waals surface area contributed by atoms with E-state index in [9.17, 15) is 4.79 Å². The van der Waals surface area contributed by atoms with Crippen LogP contribution in [0.3, 0.4) is 0 Å². The maximum absolute atomic E-state index is 12.3. The van der Waals surface area contributed by atoms with Gasteiger partial charge in [-0.25, -0.2) is 14.8 Å². The van der Waals surface area contributed by atoms with Crippen molar-refractivity contribution >= 4 is 11.7 Å². The summed E-state index contributed by atoms with van der Waals surface area (Å²) in [6.07, 6.45) is 7.76. The molecule has 26 heavy (non-hydrogen) atoms. The van der Waals surface area contributed by atoms with Crippen LogP contribution >= 0.6 is 0 Å². The van der Waals surface area contributed by atoms with E-state index < -0.39 is 5.60 Å². The SMILES string of the molecule is Cc1nc(C2=CC3CN(C(=O)OC(C)(C)C)CC3C2)nc2c1CCCC2. The zero-order chi connectivity index (χ0) is 18.5. The highest BCUT2D eigenvalue weighted by molar-refractivity contribution is 5.70. The van der Waals surface area contributed by atoms with E-state index in [2.05, 4.69) is 13.0 Å². The van der Waals surface area contributed by atoms with Crippen LogP contribution in [0.25, 0.3) is 5.57 Å². The molecule has 3 aliphatic rings. The molecule has 5 heteroatoms. The zero-order valence-corrected chi connectivity index (χ0v) is 16.3. The first kappa shape index (κ1) is 17.5. The Hall–Kier alpha value is -1.91. The van der Waals surface area contributed by atoms with E-state index in [4.69, 9.17) is 14.7 Å². The highest BCUT2D eigenvalue weighted by atomic mass is 16.6. The third kappa shape index (κ3) is 3.36. The second kappa shape index (κ2) is 6.36. The van der Waals surface area contributed by atoms with Gasteiger partial charge in [0.2, 0.25) is 0 Å². The average Bonchev–Trinajstić information content (AvgIpc) is 3.12. The first-order valence-corrected chi connectivity index (χ1v) is 9.85. The maximum Gasteiger partial charge on any atom is 0.410 e. The van der Waals surface area contributed by atoms with Gasteiger partial charge in [-0.05, 0) is 76.9 Å². The van der Waals surface area contributed by atoms with Gasteiger partial charge in [0.05, 0.1) is 0 Å². The van der Waals surface area contributed by atoms with Crippen molar-refractivity contribution < 1.29 is 9.53 Å². The predicted molar refractivity (Wildman–Crippen MR) is 101 cm³/mol. The third-order valence-electron chi connectivity index (χ3n) is 5.72. The maximum atomic E-state index is 12.3. The molecule has 1 amide bonds. The number of ether oxygens (including phenoxy) is 1. The number of likely N-dealkylation sites (tertiary alicyclic amines) is 1. The third-order valence-corrected chi connectivity index (χ3v) is 5.72. The van der Waals surface area contributed by atoms with Gasteiger partial charge < -0.3 is 9.64 Å². The Kier molecular flexibility index (Phi) is 4.28. The summed E-state index contributed by atoms with van der Waals surface area (Å²) >= 11 is 0. The van der Waals surface area contributed by atoms with Crippen LogP contribution in [0.15, 0.2) is 6.08 Å². The molecule has 5 nitrogen and oxygen atoms in total. The number of carbonyl (C=O) groups is 1. The summed E-state index contributed by atoms with van der Waals surface area (Å²) in [5, 5.41) is 0. The predicted octanol–water partition coefficient (Wildman–Crippen LogP) is 3.93. The minimum atomic E-state index is -0.440. The number of fused-ring (bicyclic) bond motifs is 2. The van der Waals surface area contributed by atoms with Crippen molar-refractivity contribution in [3.8, 4) is 0 Å². The van der Waals surface area contributed by atoms with Gasteiger partial charge in [0.25, 0.3) is 0 Å². The van der Waals surface area contributed by atoms with Crippen LogP contribution in [0.4, 0.5) is 4.79 Å². The van der Waals surface area contributed by atoms with Crippen LogP contribution in [0.1, 0.15) is 62.8 Å². The topological polar surface area (TPSA) is 55.3 Å². The Morgan fingerprint density at radius 3 is 2.69 bits per heavy atom. The molecule has 0 spiro atoms. The Morgan fingerprint density at radius 1 is 1.19 bits per heavy atom. The molecule has 2 heterocycles. The summed E-state index contributed by atoms with van der Waals surface area (Å²) in [5.74, 6) is 1.79. The van der Waals surface area contributed by atoms with E-state index in [0.717, 1.165) is 43.9 Å². The molecule has 2 unspecified atom stereocenters. The number of hydrogen-bond donors (Lipinski definition) is 0. The molecule has 1 aliphatic heterocycles. The van der Waals surface area contributed by atoms with Crippen LogP contribution in [-0.4, -0.2) is 39.7 Å². The lowest BCUT2D eigenvalue weighted by Crippen LogP contribution is -2.35. The van der Waals surface area contributed by atoms with Gasteiger partial charge in [-0.3, -0.25) is 0 Å². The Balaban J connectivity index is 1.48. The van der Waals surface area contributed by atoms with Crippen LogP contribution in [-0.2, 0) is 17.6 Å². The van der Waals surface area contributed by atoms with Crippen LogP contribution in [0, 0.1) is 18.8 Å². The van der Waals surface area contributed by atoms with Gasteiger partial charge in [0.1, 0.15) is 5.60 Å². The van der Waals surface area contributed by atoms with E-state index in [1.54, 1.807) is 0 Å². The highest BCUT2D eigenvalue weighted by Crippen LogP contribution is 2.41. The molecule has 2 aliphatic carbocycles. The van der Waals surface area contributed by atoms with Gasteiger partial charge in [-0.1, -0.05) is 6.08 Å². The summed E-state index contributed by atoms with van der Waals surface area (Å²) in [6.45, 7) is 9.37. The van der Waals surface area contributed by atoms with E-state index in [1.807, 2.05) is 25.7 Å². The second-order valence-corrected chi connectivity index (χ2v) is 8.97. The van der Waals surface area contributed by atoms with Crippen molar-refractivity contribution in [2.45, 2.75) is 65.4 Å². The van der Waals surface area contributed by atoms with E-state index in [0.29, 0.717) is 11.8 Å². The number of nitrogens with zero attached hydrogens (tertiary/aromatic N) is 3. The largest absolute Gasteiger partial charge is 0.444 e. The summed E-state index contributed by atoms with van der Waals surface area (Å²) < 4.78 is 5.52. The van der Waals surface area contributed by atoms with E-state index in [1.165, 1.54) is 29.7 Å². The van der Waals surface area contributed by atoms with Gasteiger partial charge >= 0.3 is 6.09 Å². The van der Waals surface area contributed by atoms with Crippen LogP contribution < -0.4 is 0 Å². The van der Waals surface area contributed by atoms with Crippen LogP contribution in [0.2, 0.25) is 0 Å². The van der Waals surface area contributed by atoms with Crippen molar-refractivity contribution in [1.82, 2.24) is 14.9 Å². The summed E-state index contributed by atoms with van der Waals surface area (Å²) in [7, 11) is 0. The first-order valence-electron chi connectivity index (χ1n) is 9.85. The molecule has 4 rings (SSSR count). The smallest absolute Gasteiger partial charge is 0.410 e. The zero-order valence-electron chi connectivity index (χ0n) is 16.3. The molecule has 0 N–H and O–H groups in total. The summed E-state index contributed by atoms with van der Waals surface area (Å²) in [4.78, 5) is 23.9. The monoisotopic (exact) mass is 355 g/mol. The Morgan fingerprint density at radius 2 is 1.96 bits per heavy atom. The molecule has 0 saturated carbocycles. The van der Waals surface area contributed by atoms with Crippen molar-refractivity contribution in [3.63, 3.8) is 0 Å². The molecule has 1 aromatic heterocycles. The molecule has 1 saturated heterocycles. The Bertz CT molecular complexity index is 763. The molecule has 1 fully saturated rings. The standard InChI is InChI=1S/C21H29N3O2/c1-13-17-7-5-6-8-18(17)23-19(22-13)14-9-15-11-24(12-16(15)10-14)20(25)26-21(2,3)4/h9,15-16H,5-8,10-12H2,1-4H3. The number of aryl methyl sites for hydroxylation is 2. The molecule has 0 bridgehead atoms. The highest BCUT2D eigenvalue weighted by Gasteiger charge is 2.40. The molecule has 2 atom stereocenters. The fourth-order valence-electron chi connectivity index (χ4n) is 4.48. The van der Waals surface area contributed by atoms with Gasteiger partial charge in [-0.15, -0.1) is 0 Å². The number of carbonyl (C=O) groups excluding carboxylic acids is 1. The number of amides is 1. The molecule has 0 radical (unpaired) electrons.